The van der Waals surface area contributed by atoms with Gasteiger partial charge in [0.25, 0.3) is 5.56 Å². The van der Waals surface area contributed by atoms with E-state index < -0.39 is 5.97 Å². The molecule has 7 heteroatoms. The highest BCUT2D eigenvalue weighted by Crippen LogP contribution is 2.28. The number of thiazole rings is 1. The lowest BCUT2D eigenvalue weighted by Gasteiger charge is -2.38. The van der Waals surface area contributed by atoms with Gasteiger partial charge in [-0.3, -0.25) is 9.69 Å². The van der Waals surface area contributed by atoms with Gasteiger partial charge in [0, 0.05) is 12.0 Å². The average molecular weight is 338 g/mol. The molecular formula is C16H24N3O3S+. The zero-order valence-electron chi connectivity index (χ0n) is 13.9. The molecule has 126 valence electrons. The van der Waals surface area contributed by atoms with Crippen molar-refractivity contribution in [3.05, 3.63) is 19.7 Å². The highest BCUT2D eigenvalue weighted by atomic mass is 32.1. The summed E-state index contributed by atoms with van der Waals surface area (Å²) in [6.45, 7) is 6.00. The van der Waals surface area contributed by atoms with Gasteiger partial charge in [0.05, 0.1) is 13.2 Å². The van der Waals surface area contributed by atoms with Crippen LogP contribution in [0, 0.1) is 11.8 Å². The zero-order chi connectivity index (χ0) is 16.6. The number of fused-ring (bicyclic) bond motifs is 1. The number of aromatic nitrogens is 1. The van der Waals surface area contributed by atoms with Gasteiger partial charge in [-0.15, -0.1) is 0 Å². The van der Waals surface area contributed by atoms with Gasteiger partial charge < -0.3 is 4.74 Å². The number of rotatable bonds is 2. The van der Waals surface area contributed by atoms with Crippen LogP contribution in [0.4, 0.5) is 0 Å². The number of hydrogen-bond donors (Lipinski definition) is 1. The monoisotopic (exact) mass is 338 g/mol. The first-order valence-corrected chi connectivity index (χ1v) is 9.01. The van der Waals surface area contributed by atoms with E-state index >= 15 is 0 Å². The Bertz CT molecular complexity index is 767. The Morgan fingerprint density at radius 1 is 1.43 bits per heavy atom. The Morgan fingerprint density at radius 3 is 2.96 bits per heavy atom. The maximum Gasteiger partial charge on any atom is 0.332 e. The zero-order valence-corrected chi connectivity index (χ0v) is 14.7. The van der Waals surface area contributed by atoms with E-state index in [2.05, 4.69) is 23.6 Å². The van der Waals surface area contributed by atoms with E-state index in [9.17, 15) is 9.59 Å². The third-order valence-corrected chi connectivity index (χ3v) is 6.39. The third kappa shape index (κ3) is 3.12. The average Bonchev–Trinajstić information content (AvgIpc) is 2.85. The molecule has 4 atom stereocenters. The number of carbonyl (C=O) groups excluding carboxylic acids is 1. The number of nitrogens with zero attached hydrogens (tertiary/aromatic N) is 2. The van der Waals surface area contributed by atoms with Crippen molar-refractivity contribution >= 4 is 23.4 Å². The number of methoxy groups -OCH3 is 1. The number of quaternary nitrogens is 1. The second-order valence-corrected chi connectivity index (χ2v) is 7.67. The second-order valence-electron chi connectivity index (χ2n) is 6.66. The van der Waals surface area contributed by atoms with E-state index in [-0.39, 0.29) is 5.56 Å². The molecule has 2 aliphatic rings. The number of nitrogens with one attached hydrogen (secondary N) is 1. The molecular weight excluding hydrogens is 314 g/mol. The van der Waals surface area contributed by atoms with Gasteiger partial charge in [0.15, 0.2) is 18.1 Å². The van der Waals surface area contributed by atoms with E-state index in [1.807, 2.05) is 0 Å². The summed E-state index contributed by atoms with van der Waals surface area (Å²) in [5.74, 6) is 0.872. The molecule has 1 aromatic heterocycles. The number of hydrogen-bond acceptors (Lipinski definition) is 5. The molecule has 1 aliphatic heterocycles. The van der Waals surface area contributed by atoms with Crippen molar-refractivity contribution in [2.45, 2.75) is 45.8 Å². The van der Waals surface area contributed by atoms with E-state index in [4.69, 9.17) is 0 Å². The van der Waals surface area contributed by atoms with Crippen LogP contribution in [-0.4, -0.2) is 30.4 Å². The standard InChI is InChI=1S/C16H23N3O3S/c1-10-5-4-6-12(11(10)2)18-8-17-16-19(9-18)15(21)13(23-16)7-14(20)22-3/h7,10-12H,4-6,8-9H2,1-3H3/p+1/b13-7+/t10-,11+,12+/m1/s1. The lowest BCUT2D eigenvalue weighted by atomic mass is 9.77. The molecule has 0 spiro atoms. The summed E-state index contributed by atoms with van der Waals surface area (Å²) < 4.78 is 6.73. The van der Waals surface area contributed by atoms with E-state index in [1.165, 1.54) is 48.7 Å². The fraction of sp³-hybridized carbons (Fsp3) is 0.688. The van der Waals surface area contributed by atoms with Crippen molar-refractivity contribution in [3.63, 3.8) is 0 Å². The fourth-order valence-corrected chi connectivity index (χ4v) is 4.68. The summed E-state index contributed by atoms with van der Waals surface area (Å²) in [6.07, 6.45) is 5.01. The highest BCUT2D eigenvalue weighted by molar-refractivity contribution is 7.07. The quantitative estimate of drug-likeness (QED) is 0.713. The van der Waals surface area contributed by atoms with Crippen LogP contribution >= 0.6 is 11.3 Å². The van der Waals surface area contributed by atoms with Crippen molar-refractivity contribution in [2.75, 3.05) is 13.8 Å². The Hall–Kier alpha value is -1.47. The summed E-state index contributed by atoms with van der Waals surface area (Å²) in [5.41, 5.74) is -0.132. The van der Waals surface area contributed by atoms with Gasteiger partial charge in [-0.05, 0) is 25.2 Å². The predicted molar refractivity (Wildman–Crippen MR) is 87.6 cm³/mol. The predicted octanol–water partition coefficient (Wildman–Crippen LogP) is -0.879. The smallest absolute Gasteiger partial charge is 0.332 e. The maximum atomic E-state index is 12.5. The van der Waals surface area contributed by atoms with Crippen LogP contribution in [-0.2, 0) is 16.2 Å². The Morgan fingerprint density at radius 2 is 2.22 bits per heavy atom. The van der Waals surface area contributed by atoms with Crippen LogP contribution in [0.2, 0.25) is 0 Å². The minimum atomic E-state index is -0.500. The van der Waals surface area contributed by atoms with Crippen molar-refractivity contribution in [2.24, 2.45) is 16.8 Å². The summed E-state index contributed by atoms with van der Waals surface area (Å²) >= 11 is 1.27. The Labute approximate surface area is 139 Å². The topological polar surface area (TPSA) is 65.1 Å². The summed E-state index contributed by atoms with van der Waals surface area (Å²) in [5, 5.41) is 0. The molecule has 0 amide bonds. The van der Waals surface area contributed by atoms with E-state index in [0.717, 1.165) is 5.92 Å². The van der Waals surface area contributed by atoms with Gasteiger partial charge in [-0.25, -0.2) is 14.4 Å². The molecule has 1 saturated carbocycles. The van der Waals surface area contributed by atoms with Gasteiger partial charge in [-0.1, -0.05) is 25.2 Å². The first-order chi connectivity index (χ1) is 11.0. The normalized spacial score (nSPS) is 31.3. The van der Waals surface area contributed by atoms with Crippen LogP contribution in [0.1, 0.15) is 33.1 Å². The number of ether oxygens (including phenoxy) is 1. The molecule has 0 aromatic carbocycles. The summed E-state index contributed by atoms with van der Waals surface area (Å²) in [7, 11) is 1.31. The van der Waals surface area contributed by atoms with Crippen molar-refractivity contribution in [1.29, 1.82) is 0 Å². The highest BCUT2D eigenvalue weighted by Gasteiger charge is 2.36. The molecule has 1 N–H and O–H groups in total. The van der Waals surface area contributed by atoms with Gasteiger partial charge in [0.1, 0.15) is 4.53 Å². The number of carbonyl (C=O) groups is 1. The number of esters is 1. The van der Waals surface area contributed by atoms with Crippen LogP contribution in [0.5, 0.6) is 0 Å². The van der Waals surface area contributed by atoms with Crippen LogP contribution in [0.3, 0.4) is 0 Å². The van der Waals surface area contributed by atoms with Crippen LogP contribution < -0.4 is 19.8 Å². The van der Waals surface area contributed by atoms with E-state index in [1.54, 1.807) is 4.57 Å². The van der Waals surface area contributed by atoms with Gasteiger partial charge >= 0.3 is 5.97 Å². The summed E-state index contributed by atoms with van der Waals surface area (Å²) in [4.78, 5) is 30.6. The Balaban J connectivity index is 1.88. The van der Waals surface area contributed by atoms with Gasteiger partial charge in [-0.2, -0.15) is 0 Å². The minimum Gasteiger partial charge on any atom is -0.466 e. The van der Waals surface area contributed by atoms with Crippen LogP contribution in [0.15, 0.2) is 9.79 Å². The SMILES string of the molecule is COC(=O)/C=c1/sc2n(c1=O)C[NH+]([C@H]1CCC[C@@H](C)[C@@H]1C)CN=2. The molecule has 0 radical (unpaired) electrons. The van der Waals surface area contributed by atoms with E-state index in [0.29, 0.717) is 34.6 Å². The first-order valence-electron chi connectivity index (χ1n) is 8.19. The first kappa shape index (κ1) is 16.4. The molecule has 23 heavy (non-hydrogen) atoms. The fourth-order valence-electron chi connectivity index (χ4n) is 3.75. The molecule has 3 rings (SSSR count). The van der Waals surface area contributed by atoms with Gasteiger partial charge in [0.2, 0.25) is 0 Å². The third-order valence-electron chi connectivity index (χ3n) is 5.35. The molecule has 1 aliphatic carbocycles. The summed E-state index contributed by atoms with van der Waals surface area (Å²) in [6, 6.07) is 0.551. The van der Waals surface area contributed by atoms with Crippen molar-refractivity contribution in [1.82, 2.24) is 4.57 Å². The van der Waals surface area contributed by atoms with Crippen molar-refractivity contribution < 1.29 is 14.4 Å². The molecule has 1 unspecified atom stereocenters. The van der Waals surface area contributed by atoms with Crippen molar-refractivity contribution in [3.8, 4) is 0 Å². The molecule has 1 aromatic rings. The molecule has 0 saturated heterocycles. The largest absolute Gasteiger partial charge is 0.466 e. The molecule has 1 fully saturated rings. The lowest BCUT2D eigenvalue weighted by molar-refractivity contribution is -0.954. The molecule has 2 heterocycles. The lowest BCUT2D eigenvalue weighted by Crippen LogP contribution is -3.17. The molecule has 6 nitrogen and oxygen atoms in total. The maximum absolute atomic E-state index is 12.5. The molecule has 0 bridgehead atoms. The Kier molecular flexibility index (Phi) is 4.68. The minimum absolute atomic E-state index is 0.132. The second kappa shape index (κ2) is 6.57. The van der Waals surface area contributed by atoms with Crippen LogP contribution in [0.25, 0.3) is 6.08 Å².